The molecule has 0 aromatic heterocycles. The van der Waals surface area contributed by atoms with Crippen molar-refractivity contribution in [2.75, 3.05) is 19.0 Å². The van der Waals surface area contributed by atoms with Crippen LogP contribution >= 0.6 is 0 Å². The normalized spacial score (nSPS) is 15.0. The van der Waals surface area contributed by atoms with Gasteiger partial charge in [-0.1, -0.05) is 24.3 Å². The van der Waals surface area contributed by atoms with Crippen molar-refractivity contribution in [3.8, 4) is 0 Å². The van der Waals surface area contributed by atoms with E-state index in [9.17, 15) is 13.9 Å². The van der Waals surface area contributed by atoms with Gasteiger partial charge in [0.2, 0.25) is 0 Å². The Morgan fingerprint density at radius 3 is 2.29 bits per heavy atom. The molecule has 0 fully saturated rings. The lowest BCUT2D eigenvalue weighted by molar-refractivity contribution is 0.130. The van der Waals surface area contributed by atoms with Crippen molar-refractivity contribution in [2.24, 2.45) is 0 Å². The Morgan fingerprint density at radius 2 is 1.67 bits per heavy atom. The molecule has 0 saturated carbocycles. The molecule has 3 atom stereocenters. The Labute approximate surface area is 141 Å². The summed E-state index contributed by atoms with van der Waals surface area (Å²) in [4.78, 5) is 2.03. The molecule has 0 bridgehead atoms. The summed E-state index contributed by atoms with van der Waals surface area (Å²) < 4.78 is 26.4. The fourth-order valence-corrected chi connectivity index (χ4v) is 2.82. The summed E-state index contributed by atoms with van der Waals surface area (Å²) >= 11 is 0. The van der Waals surface area contributed by atoms with Crippen LogP contribution in [-0.4, -0.2) is 25.2 Å². The van der Waals surface area contributed by atoms with Crippen LogP contribution in [0.25, 0.3) is 0 Å². The van der Waals surface area contributed by atoms with Gasteiger partial charge < -0.3 is 15.3 Å². The summed E-state index contributed by atoms with van der Waals surface area (Å²) in [5.74, 6) is -1.87. The topological polar surface area (TPSA) is 35.5 Å². The molecule has 0 spiro atoms. The lowest BCUT2D eigenvalue weighted by atomic mass is 10.00. The first-order valence-corrected chi connectivity index (χ1v) is 7.96. The number of aliphatic hydroxyl groups is 1. The van der Waals surface area contributed by atoms with Crippen LogP contribution < -0.4 is 10.2 Å². The first-order chi connectivity index (χ1) is 11.3. The zero-order valence-corrected chi connectivity index (χ0v) is 14.4. The van der Waals surface area contributed by atoms with Crippen molar-refractivity contribution >= 4 is 5.69 Å². The number of aliphatic hydroxyl groups excluding tert-OH is 1. The van der Waals surface area contributed by atoms with E-state index in [1.165, 1.54) is 6.07 Å². The number of hydrogen-bond donors (Lipinski definition) is 2. The molecule has 2 aromatic rings. The Bertz CT molecular complexity index is 691. The van der Waals surface area contributed by atoms with Gasteiger partial charge in [0.05, 0.1) is 6.10 Å². The third kappa shape index (κ3) is 4.10. The van der Waals surface area contributed by atoms with E-state index >= 15 is 0 Å². The third-order valence-corrected chi connectivity index (χ3v) is 4.16. The molecule has 3 nitrogen and oxygen atoms in total. The van der Waals surface area contributed by atoms with E-state index in [2.05, 4.69) is 5.32 Å². The van der Waals surface area contributed by atoms with Gasteiger partial charge in [0.25, 0.3) is 0 Å². The summed E-state index contributed by atoms with van der Waals surface area (Å²) in [7, 11) is 3.95. The van der Waals surface area contributed by atoms with E-state index in [0.717, 1.165) is 23.4 Å². The molecule has 0 radical (unpaired) electrons. The van der Waals surface area contributed by atoms with Crippen LogP contribution in [0.3, 0.4) is 0 Å². The Kier molecular flexibility index (Phi) is 5.91. The summed E-state index contributed by atoms with van der Waals surface area (Å²) in [6.45, 7) is 3.83. The number of anilines is 1. The molecule has 24 heavy (non-hydrogen) atoms. The van der Waals surface area contributed by atoms with Crippen molar-refractivity contribution in [3.05, 3.63) is 65.2 Å². The van der Waals surface area contributed by atoms with E-state index in [-0.39, 0.29) is 12.1 Å². The lowest BCUT2D eigenvalue weighted by Gasteiger charge is -2.27. The predicted molar refractivity (Wildman–Crippen MR) is 93.1 cm³/mol. The number of hydrogen-bond acceptors (Lipinski definition) is 3. The fourth-order valence-electron chi connectivity index (χ4n) is 2.82. The van der Waals surface area contributed by atoms with Gasteiger partial charge in [-0.3, -0.25) is 0 Å². The maximum Gasteiger partial charge on any atom is 0.159 e. The van der Waals surface area contributed by atoms with Crippen LogP contribution in [0.5, 0.6) is 0 Å². The second-order valence-corrected chi connectivity index (χ2v) is 6.25. The van der Waals surface area contributed by atoms with Crippen LogP contribution in [0.1, 0.15) is 37.1 Å². The Hall–Kier alpha value is -1.98. The van der Waals surface area contributed by atoms with E-state index in [1.54, 1.807) is 0 Å². The van der Waals surface area contributed by atoms with Gasteiger partial charge in [0.15, 0.2) is 11.6 Å². The largest absolute Gasteiger partial charge is 0.387 e. The fraction of sp³-hybridized carbons (Fsp3) is 0.368. The molecule has 2 rings (SSSR count). The predicted octanol–water partition coefficient (Wildman–Crippen LogP) is 3.80. The quantitative estimate of drug-likeness (QED) is 0.843. The monoisotopic (exact) mass is 334 g/mol. The summed E-state index contributed by atoms with van der Waals surface area (Å²) in [6.07, 6.45) is -0.936. The SMILES string of the molecule is CC(NC(C)C(O)c1ccc(F)c(F)c1)c1ccccc1N(C)C. The van der Waals surface area contributed by atoms with Crippen LogP contribution in [-0.2, 0) is 0 Å². The molecule has 3 unspecified atom stereocenters. The number of halogens is 2. The highest BCUT2D eigenvalue weighted by atomic mass is 19.2. The molecule has 130 valence electrons. The molecular weight excluding hydrogens is 310 g/mol. The molecule has 0 aliphatic rings. The third-order valence-electron chi connectivity index (χ3n) is 4.16. The molecule has 2 N–H and O–H groups in total. The molecule has 0 aliphatic heterocycles. The van der Waals surface area contributed by atoms with Gasteiger partial charge in [-0.2, -0.15) is 0 Å². The van der Waals surface area contributed by atoms with E-state index in [4.69, 9.17) is 0 Å². The first-order valence-electron chi connectivity index (χ1n) is 7.96. The molecule has 0 amide bonds. The number of rotatable bonds is 6. The average Bonchev–Trinajstić information content (AvgIpc) is 2.56. The molecule has 0 heterocycles. The maximum absolute atomic E-state index is 13.4. The van der Waals surface area contributed by atoms with Gasteiger partial charge in [0.1, 0.15) is 0 Å². The zero-order valence-electron chi connectivity index (χ0n) is 14.4. The highest BCUT2D eigenvalue weighted by Crippen LogP contribution is 2.27. The van der Waals surface area contributed by atoms with Gasteiger partial charge in [0, 0.05) is 31.9 Å². The van der Waals surface area contributed by atoms with Gasteiger partial charge in [-0.05, 0) is 43.2 Å². The highest BCUT2D eigenvalue weighted by molar-refractivity contribution is 5.53. The van der Waals surface area contributed by atoms with Crippen LogP contribution in [0.2, 0.25) is 0 Å². The number of nitrogens with one attached hydrogen (secondary N) is 1. The smallest absolute Gasteiger partial charge is 0.159 e. The van der Waals surface area contributed by atoms with Crippen molar-refractivity contribution in [1.29, 1.82) is 0 Å². The molecular formula is C19H24F2N2O. The summed E-state index contributed by atoms with van der Waals surface area (Å²) in [5.41, 5.74) is 2.54. The number of benzene rings is 2. The minimum absolute atomic E-state index is 0.0152. The average molecular weight is 334 g/mol. The van der Waals surface area contributed by atoms with E-state index in [1.807, 2.05) is 57.1 Å². The van der Waals surface area contributed by atoms with E-state index < -0.39 is 17.7 Å². The van der Waals surface area contributed by atoms with Crippen LogP contribution in [0, 0.1) is 11.6 Å². The van der Waals surface area contributed by atoms with Gasteiger partial charge in [-0.15, -0.1) is 0 Å². The lowest BCUT2D eigenvalue weighted by Crippen LogP contribution is -2.34. The molecule has 2 aromatic carbocycles. The molecule has 5 heteroatoms. The zero-order chi connectivity index (χ0) is 17.9. The standard InChI is InChI=1S/C19H24F2N2O/c1-12(15-7-5-6-8-18(15)23(3)4)22-13(2)19(24)14-9-10-16(20)17(21)11-14/h5-13,19,22,24H,1-4H3. The van der Waals surface area contributed by atoms with Crippen molar-refractivity contribution in [1.82, 2.24) is 5.32 Å². The van der Waals surface area contributed by atoms with Crippen molar-refractivity contribution < 1.29 is 13.9 Å². The van der Waals surface area contributed by atoms with E-state index in [0.29, 0.717) is 5.56 Å². The molecule has 0 saturated heterocycles. The van der Waals surface area contributed by atoms with Crippen molar-refractivity contribution in [2.45, 2.75) is 32.0 Å². The van der Waals surface area contributed by atoms with Gasteiger partial charge >= 0.3 is 0 Å². The highest BCUT2D eigenvalue weighted by Gasteiger charge is 2.21. The first kappa shape index (κ1) is 18.4. The summed E-state index contributed by atoms with van der Waals surface area (Å²) in [6, 6.07) is 11.1. The van der Waals surface area contributed by atoms with Crippen molar-refractivity contribution in [3.63, 3.8) is 0 Å². The number of nitrogens with zero attached hydrogens (tertiary/aromatic N) is 1. The minimum Gasteiger partial charge on any atom is -0.387 e. The van der Waals surface area contributed by atoms with Crippen LogP contribution in [0.15, 0.2) is 42.5 Å². The second-order valence-electron chi connectivity index (χ2n) is 6.25. The van der Waals surface area contributed by atoms with Gasteiger partial charge in [-0.25, -0.2) is 8.78 Å². The van der Waals surface area contributed by atoms with Crippen LogP contribution in [0.4, 0.5) is 14.5 Å². The molecule has 0 aliphatic carbocycles. The summed E-state index contributed by atoms with van der Waals surface area (Å²) in [5, 5.41) is 13.7. The minimum atomic E-state index is -0.954. The Balaban J connectivity index is 2.13. The number of para-hydroxylation sites is 1. The Morgan fingerprint density at radius 1 is 1.00 bits per heavy atom. The second kappa shape index (κ2) is 7.73. The maximum atomic E-state index is 13.4.